The lowest BCUT2D eigenvalue weighted by atomic mass is 9.61. The number of aliphatic hydroxyl groups is 2. The Hall–Kier alpha value is -1.14. The van der Waals surface area contributed by atoms with E-state index in [9.17, 15) is 19.8 Å². The second kappa shape index (κ2) is 3.13. The van der Waals surface area contributed by atoms with Gasteiger partial charge >= 0.3 is 11.9 Å². The van der Waals surface area contributed by atoms with Gasteiger partial charge in [-0.15, -0.1) is 0 Å². The number of rotatable bonds is 0. The van der Waals surface area contributed by atoms with Crippen LogP contribution in [0.4, 0.5) is 0 Å². The first-order valence-corrected chi connectivity index (χ1v) is 7.39. The van der Waals surface area contributed by atoms with Crippen LogP contribution < -0.4 is 0 Å². The van der Waals surface area contributed by atoms with E-state index in [0.717, 1.165) is 0 Å². The molecule has 2 saturated carbocycles. The molecule has 2 aliphatic carbocycles. The molecule has 0 amide bonds. The molecular weight excluding hydrogens is 276 g/mol. The Kier molecular flexibility index (Phi) is 2.01. The highest BCUT2D eigenvalue weighted by Crippen LogP contribution is 2.78. The van der Waals surface area contributed by atoms with Crippen LogP contribution in [-0.4, -0.2) is 46.1 Å². The van der Waals surface area contributed by atoms with E-state index in [0.29, 0.717) is 12.8 Å². The summed E-state index contributed by atoms with van der Waals surface area (Å²) in [7, 11) is 0. The second-order valence-corrected chi connectivity index (χ2v) is 7.73. The summed E-state index contributed by atoms with van der Waals surface area (Å²) in [5.41, 5.74) is -5.59. The molecule has 4 aliphatic rings. The molecule has 2 aliphatic heterocycles. The fourth-order valence-electron chi connectivity index (χ4n) is 5.86. The first-order chi connectivity index (χ1) is 9.59. The number of cyclic esters (lactones) is 1. The van der Waals surface area contributed by atoms with Crippen molar-refractivity contribution in [1.82, 2.24) is 0 Å². The molecule has 2 N–H and O–H groups in total. The lowest BCUT2D eigenvalue weighted by Gasteiger charge is -2.45. The molecule has 0 bridgehead atoms. The predicted molar refractivity (Wildman–Crippen MR) is 68.9 cm³/mol. The van der Waals surface area contributed by atoms with Gasteiger partial charge in [0.15, 0.2) is 0 Å². The van der Waals surface area contributed by atoms with Gasteiger partial charge in [-0.05, 0) is 26.7 Å². The lowest BCUT2D eigenvalue weighted by Crippen LogP contribution is -2.58. The zero-order chi connectivity index (χ0) is 15.5. The summed E-state index contributed by atoms with van der Waals surface area (Å²) in [6.07, 6.45) is -0.364. The van der Waals surface area contributed by atoms with Crippen LogP contribution in [-0.2, 0) is 19.1 Å². The Bertz CT molecular complexity index is 589. The van der Waals surface area contributed by atoms with Crippen molar-refractivity contribution in [1.29, 1.82) is 0 Å². The second-order valence-electron chi connectivity index (χ2n) is 7.73. The van der Waals surface area contributed by atoms with Crippen molar-refractivity contribution in [2.45, 2.75) is 57.3 Å². The molecule has 21 heavy (non-hydrogen) atoms. The number of ether oxygens (including phenoxy) is 2. The third-order valence-corrected chi connectivity index (χ3v) is 7.40. The van der Waals surface area contributed by atoms with E-state index >= 15 is 0 Å². The smallest absolute Gasteiger partial charge is 0.315 e. The molecule has 0 aromatic rings. The van der Waals surface area contributed by atoms with Crippen LogP contribution in [0.5, 0.6) is 0 Å². The van der Waals surface area contributed by atoms with Crippen molar-refractivity contribution in [2.24, 2.45) is 16.2 Å². The maximum absolute atomic E-state index is 12.3. The van der Waals surface area contributed by atoms with E-state index in [-0.39, 0.29) is 13.0 Å². The van der Waals surface area contributed by atoms with E-state index in [1.54, 1.807) is 20.8 Å². The van der Waals surface area contributed by atoms with Crippen LogP contribution in [0, 0.1) is 16.2 Å². The molecule has 116 valence electrons. The summed E-state index contributed by atoms with van der Waals surface area (Å²) in [4.78, 5) is 24.3. The van der Waals surface area contributed by atoms with E-state index in [2.05, 4.69) is 0 Å². The van der Waals surface area contributed by atoms with Crippen molar-refractivity contribution in [2.75, 3.05) is 6.61 Å². The van der Waals surface area contributed by atoms with Crippen LogP contribution in [0.15, 0.2) is 0 Å². The van der Waals surface area contributed by atoms with E-state index in [1.165, 1.54) is 0 Å². The minimum atomic E-state index is -1.36. The number of hydrogen-bond acceptors (Lipinski definition) is 6. The Morgan fingerprint density at radius 2 is 1.86 bits per heavy atom. The summed E-state index contributed by atoms with van der Waals surface area (Å²) < 4.78 is 10.7. The molecule has 4 rings (SSSR count). The summed E-state index contributed by atoms with van der Waals surface area (Å²) in [6, 6.07) is 0. The molecule has 2 saturated heterocycles. The molecule has 0 unspecified atom stereocenters. The van der Waals surface area contributed by atoms with Gasteiger partial charge in [-0.1, -0.05) is 6.92 Å². The zero-order valence-electron chi connectivity index (χ0n) is 12.4. The fourth-order valence-corrected chi connectivity index (χ4v) is 5.86. The maximum Gasteiger partial charge on any atom is 0.315 e. The van der Waals surface area contributed by atoms with Crippen LogP contribution >= 0.6 is 0 Å². The van der Waals surface area contributed by atoms with Gasteiger partial charge in [0.05, 0.1) is 23.5 Å². The highest BCUT2D eigenvalue weighted by atomic mass is 16.6. The first kappa shape index (κ1) is 13.5. The number of aliphatic hydroxyl groups excluding tert-OH is 1. The Morgan fingerprint density at radius 1 is 1.19 bits per heavy atom. The monoisotopic (exact) mass is 296 g/mol. The van der Waals surface area contributed by atoms with Gasteiger partial charge in [-0.25, -0.2) is 0 Å². The number of esters is 2. The molecule has 6 nitrogen and oxygen atoms in total. The fraction of sp³-hybridized carbons (Fsp3) is 0.867. The quantitative estimate of drug-likeness (QED) is 0.618. The highest BCUT2D eigenvalue weighted by Gasteiger charge is 2.91. The van der Waals surface area contributed by atoms with Crippen LogP contribution in [0.3, 0.4) is 0 Å². The molecule has 0 radical (unpaired) electrons. The highest BCUT2D eigenvalue weighted by molar-refractivity contribution is 5.84. The molecule has 0 aromatic carbocycles. The van der Waals surface area contributed by atoms with Crippen LogP contribution in [0.2, 0.25) is 0 Å². The normalized spacial score (nSPS) is 61.3. The van der Waals surface area contributed by atoms with Crippen LogP contribution in [0.25, 0.3) is 0 Å². The summed E-state index contributed by atoms with van der Waals surface area (Å²) >= 11 is 0. The van der Waals surface area contributed by atoms with Gasteiger partial charge in [0.2, 0.25) is 0 Å². The van der Waals surface area contributed by atoms with Crippen molar-refractivity contribution >= 4 is 11.9 Å². The SMILES string of the molecule is C[C@@]12COC(=O)[C@]1(C)[C@H](O)[C@]13CC(=O)O[C@@]1(C)CC[C@]23O. The van der Waals surface area contributed by atoms with E-state index < -0.39 is 45.5 Å². The van der Waals surface area contributed by atoms with Crippen molar-refractivity contribution < 1.29 is 29.3 Å². The zero-order valence-corrected chi connectivity index (χ0v) is 12.4. The molecule has 4 fully saturated rings. The van der Waals surface area contributed by atoms with Gasteiger partial charge < -0.3 is 19.7 Å². The maximum atomic E-state index is 12.3. The Balaban J connectivity index is 2.03. The van der Waals surface area contributed by atoms with E-state index in [4.69, 9.17) is 9.47 Å². The minimum absolute atomic E-state index is 0.0559. The third kappa shape index (κ3) is 0.932. The minimum Gasteiger partial charge on any atom is -0.464 e. The molecule has 6 heteroatoms. The Labute approximate surface area is 122 Å². The average molecular weight is 296 g/mol. The van der Waals surface area contributed by atoms with Gasteiger partial charge in [0, 0.05) is 5.41 Å². The number of carbonyl (C=O) groups is 2. The van der Waals surface area contributed by atoms with Gasteiger partial charge in [-0.2, -0.15) is 0 Å². The summed E-state index contributed by atoms with van der Waals surface area (Å²) in [5, 5.41) is 22.6. The van der Waals surface area contributed by atoms with Crippen molar-refractivity contribution in [3.63, 3.8) is 0 Å². The largest absolute Gasteiger partial charge is 0.464 e. The summed E-state index contributed by atoms with van der Waals surface area (Å²) in [5.74, 6) is -0.924. The van der Waals surface area contributed by atoms with Gasteiger partial charge in [-0.3, -0.25) is 9.59 Å². The molecule has 2 heterocycles. The molecule has 0 aromatic heterocycles. The average Bonchev–Trinajstić information content (AvgIpc) is 2.94. The molecular formula is C15H20O6. The first-order valence-electron chi connectivity index (χ1n) is 7.39. The topological polar surface area (TPSA) is 93.1 Å². The molecule has 1 spiro atoms. The Morgan fingerprint density at radius 3 is 2.52 bits per heavy atom. The van der Waals surface area contributed by atoms with Gasteiger partial charge in [0.1, 0.15) is 17.6 Å². The van der Waals surface area contributed by atoms with Crippen molar-refractivity contribution in [3.8, 4) is 0 Å². The molecule has 6 atom stereocenters. The van der Waals surface area contributed by atoms with Crippen LogP contribution in [0.1, 0.15) is 40.0 Å². The number of carbonyl (C=O) groups excluding carboxylic acids is 2. The number of hydrogen-bond donors (Lipinski definition) is 2. The van der Waals surface area contributed by atoms with Crippen molar-refractivity contribution in [3.05, 3.63) is 0 Å². The third-order valence-electron chi connectivity index (χ3n) is 7.40. The van der Waals surface area contributed by atoms with E-state index in [1.807, 2.05) is 0 Å². The summed E-state index contributed by atoms with van der Waals surface area (Å²) in [6.45, 7) is 5.24. The van der Waals surface area contributed by atoms with Gasteiger partial charge in [0.25, 0.3) is 0 Å². The number of fused-ring (bicyclic) bond motifs is 2. The standard InChI is InChI=1S/C15H20O6/c1-11-7-20-10(18)13(11,3)9(17)14-6-8(16)21-12(14,2)4-5-15(11,14)19/h9,17,19H,4-7H2,1-3H3/t9-,11+,12-,13-,14+,15-/m0/s1. The lowest BCUT2D eigenvalue weighted by molar-refractivity contribution is -0.174. The predicted octanol–water partition coefficient (Wildman–Crippen LogP) is 0.147.